The Labute approximate surface area is 97.2 Å². The summed E-state index contributed by atoms with van der Waals surface area (Å²) in [5.74, 6) is 2.79. The van der Waals surface area contributed by atoms with Gasteiger partial charge in [0.25, 0.3) is 5.92 Å². The number of alkyl halides is 2. The van der Waals surface area contributed by atoms with Crippen molar-refractivity contribution in [2.24, 2.45) is 5.90 Å². The van der Waals surface area contributed by atoms with Crippen LogP contribution in [0.4, 0.5) is 8.78 Å². The zero-order chi connectivity index (χ0) is 12.5. The molecule has 0 spiro atoms. The van der Waals surface area contributed by atoms with Crippen LogP contribution in [0.3, 0.4) is 0 Å². The molecule has 0 saturated heterocycles. The van der Waals surface area contributed by atoms with Gasteiger partial charge in [-0.05, 0) is 24.1 Å². The molecule has 1 aliphatic rings. The highest BCUT2D eigenvalue weighted by atomic mass is 19.3. The molecule has 0 aromatic heterocycles. The molecule has 4 nitrogen and oxygen atoms in total. The Morgan fingerprint density at radius 2 is 2.00 bits per heavy atom. The van der Waals surface area contributed by atoms with Crippen molar-refractivity contribution in [1.29, 1.82) is 0 Å². The van der Waals surface area contributed by atoms with Gasteiger partial charge >= 0.3 is 0 Å². The molecule has 0 unspecified atom stereocenters. The van der Waals surface area contributed by atoms with Gasteiger partial charge in [-0.25, -0.2) is 14.7 Å². The van der Waals surface area contributed by atoms with Crippen LogP contribution in [-0.2, 0) is 17.2 Å². The van der Waals surface area contributed by atoms with Crippen molar-refractivity contribution in [1.82, 2.24) is 0 Å². The predicted octanol–water partition coefficient (Wildman–Crippen LogP) is 1.96. The van der Waals surface area contributed by atoms with Crippen molar-refractivity contribution in [2.75, 3.05) is 13.4 Å². The fraction of sp³-hybridized carbons (Fsp3) is 0.455. The molecule has 0 bridgehead atoms. The van der Waals surface area contributed by atoms with Gasteiger partial charge < -0.3 is 14.3 Å². The zero-order valence-corrected chi connectivity index (χ0v) is 9.33. The van der Waals surface area contributed by atoms with Crippen molar-refractivity contribution in [3.05, 3.63) is 23.3 Å². The number of benzene rings is 1. The molecule has 2 N–H and O–H groups in total. The molecule has 0 aliphatic carbocycles. The SMILES string of the molecule is CC(F)(F)c1cc2c(cc1CCON)OCO2. The van der Waals surface area contributed by atoms with Crippen LogP contribution >= 0.6 is 0 Å². The molecule has 17 heavy (non-hydrogen) atoms. The summed E-state index contributed by atoms with van der Waals surface area (Å²) in [5.41, 5.74) is 0.367. The highest BCUT2D eigenvalue weighted by Gasteiger charge is 2.30. The van der Waals surface area contributed by atoms with E-state index in [2.05, 4.69) is 4.84 Å². The van der Waals surface area contributed by atoms with Crippen LogP contribution < -0.4 is 15.4 Å². The molecular formula is C11H13F2NO3. The Kier molecular flexibility index (Phi) is 3.17. The first-order chi connectivity index (χ1) is 8.02. The van der Waals surface area contributed by atoms with Crippen LogP contribution in [0.2, 0.25) is 0 Å². The molecule has 0 radical (unpaired) electrons. The zero-order valence-electron chi connectivity index (χ0n) is 9.33. The van der Waals surface area contributed by atoms with Crippen LogP contribution in [0.5, 0.6) is 11.5 Å². The highest BCUT2D eigenvalue weighted by molar-refractivity contribution is 5.50. The van der Waals surface area contributed by atoms with Crippen LogP contribution in [0.25, 0.3) is 0 Å². The third-order valence-corrected chi connectivity index (χ3v) is 2.56. The van der Waals surface area contributed by atoms with Crippen molar-refractivity contribution in [3.63, 3.8) is 0 Å². The Hall–Kier alpha value is -1.40. The summed E-state index contributed by atoms with van der Waals surface area (Å²) in [6.07, 6.45) is 0.298. The fourth-order valence-electron chi connectivity index (χ4n) is 1.77. The van der Waals surface area contributed by atoms with E-state index in [1.807, 2.05) is 0 Å². The minimum absolute atomic E-state index is 0.0564. The van der Waals surface area contributed by atoms with Crippen molar-refractivity contribution in [3.8, 4) is 11.5 Å². The summed E-state index contributed by atoms with van der Waals surface area (Å²) in [5, 5.41) is 0. The van der Waals surface area contributed by atoms with Crippen LogP contribution in [0.1, 0.15) is 18.1 Å². The topological polar surface area (TPSA) is 53.7 Å². The standard InChI is InChI=1S/C11H13F2NO3/c1-11(12,13)8-5-10-9(15-6-16-10)4-7(8)2-3-17-14/h4-5H,2-3,6,14H2,1H3. The lowest BCUT2D eigenvalue weighted by Gasteiger charge is -2.16. The second kappa shape index (κ2) is 4.46. The van der Waals surface area contributed by atoms with Gasteiger partial charge in [0.1, 0.15) is 0 Å². The maximum absolute atomic E-state index is 13.4. The first kappa shape index (κ1) is 12.1. The van der Waals surface area contributed by atoms with Gasteiger partial charge in [0.05, 0.1) is 6.61 Å². The highest BCUT2D eigenvalue weighted by Crippen LogP contribution is 2.40. The maximum atomic E-state index is 13.4. The number of halogens is 2. The summed E-state index contributed by atoms with van der Waals surface area (Å²) in [7, 11) is 0. The predicted molar refractivity (Wildman–Crippen MR) is 56.0 cm³/mol. The van der Waals surface area contributed by atoms with E-state index >= 15 is 0 Å². The lowest BCUT2D eigenvalue weighted by atomic mass is 9.99. The monoisotopic (exact) mass is 245 g/mol. The summed E-state index contributed by atoms with van der Waals surface area (Å²) in [6, 6.07) is 2.86. The molecule has 0 amide bonds. The van der Waals surface area contributed by atoms with E-state index in [1.54, 1.807) is 6.07 Å². The third kappa shape index (κ3) is 2.48. The fourth-order valence-corrected chi connectivity index (χ4v) is 1.77. The van der Waals surface area contributed by atoms with Crippen molar-refractivity contribution < 1.29 is 23.1 Å². The Balaban J connectivity index is 2.40. The van der Waals surface area contributed by atoms with E-state index in [1.165, 1.54) is 6.07 Å². The number of hydrogen-bond donors (Lipinski definition) is 1. The first-order valence-corrected chi connectivity index (χ1v) is 5.15. The number of hydrogen-bond acceptors (Lipinski definition) is 4. The molecular weight excluding hydrogens is 232 g/mol. The van der Waals surface area contributed by atoms with Crippen LogP contribution in [0, 0.1) is 0 Å². The summed E-state index contributed by atoms with van der Waals surface area (Å²) < 4.78 is 37.1. The second-order valence-corrected chi connectivity index (χ2v) is 3.87. The van der Waals surface area contributed by atoms with Gasteiger partial charge in [0, 0.05) is 12.5 Å². The molecule has 1 aromatic rings. The number of rotatable bonds is 4. The summed E-state index contributed by atoms with van der Waals surface area (Å²) in [4.78, 5) is 4.42. The Morgan fingerprint density at radius 3 is 2.59 bits per heavy atom. The quantitative estimate of drug-likeness (QED) is 0.824. The molecule has 0 saturated carbocycles. The van der Waals surface area contributed by atoms with Gasteiger partial charge in [-0.15, -0.1) is 0 Å². The van der Waals surface area contributed by atoms with Crippen molar-refractivity contribution in [2.45, 2.75) is 19.3 Å². The van der Waals surface area contributed by atoms with Crippen LogP contribution in [0.15, 0.2) is 12.1 Å². The summed E-state index contributed by atoms with van der Waals surface area (Å²) >= 11 is 0. The molecule has 1 heterocycles. The normalized spacial score (nSPS) is 14.1. The van der Waals surface area contributed by atoms with Crippen molar-refractivity contribution >= 4 is 0 Å². The largest absolute Gasteiger partial charge is 0.454 e. The maximum Gasteiger partial charge on any atom is 0.270 e. The van der Waals surface area contributed by atoms with Gasteiger partial charge in [-0.2, -0.15) is 0 Å². The Morgan fingerprint density at radius 1 is 1.35 bits per heavy atom. The number of fused-ring (bicyclic) bond motifs is 1. The molecule has 2 rings (SSSR count). The lowest BCUT2D eigenvalue weighted by molar-refractivity contribution is 0.0159. The smallest absolute Gasteiger partial charge is 0.270 e. The second-order valence-electron chi connectivity index (χ2n) is 3.87. The third-order valence-electron chi connectivity index (χ3n) is 2.56. The molecule has 1 aromatic carbocycles. The van der Waals surface area contributed by atoms with E-state index < -0.39 is 5.92 Å². The number of nitrogens with two attached hydrogens (primary N) is 1. The Bertz CT molecular complexity index is 418. The first-order valence-electron chi connectivity index (χ1n) is 5.15. The average Bonchev–Trinajstić information content (AvgIpc) is 2.70. The lowest BCUT2D eigenvalue weighted by Crippen LogP contribution is -2.13. The van der Waals surface area contributed by atoms with Gasteiger partial charge in [0.15, 0.2) is 11.5 Å². The van der Waals surface area contributed by atoms with Gasteiger partial charge in [-0.3, -0.25) is 0 Å². The summed E-state index contributed by atoms with van der Waals surface area (Å²) in [6.45, 7) is 1.07. The van der Waals surface area contributed by atoms with E-state index in [9.17, 15) is 8.78 Å². The van der Waals surface area contributed by atoms with Gasteiger partial charge in [-0.1, -0.05) is 0 Å². The minimum atomic E-state index is -2.94. The van der Waals surface area contributed by atoms with E-state index in [0.29, 0.717) is 23.5 Å². The van der Waals surface area contributed by atoms with E-state index in [-0.39, 0.29) is 19.0 Å². The molecule has 0 atom stereocenters. The van der Waals surface area contributed by atoms with Crippen LogP contribution in [-0.4, -0.2) is 13.4 Å². The number of ether oxygens (including phenoxy) is 2. The van der Waals surface area contributed by atoms with Gasteiger partial charge in [0.2, 0.25) is 6.79 Å². The molecule has 1 aliphatic heterocycles. The molecule has 94 valence electrons. The average molecular weight is 245 g/mol. The van der Waals surface area contributed by atoms with E-state index in [4.69, 9.17) is 15.4 Å². The molecule has 6 heteroatoms. The minimum Gasteiger partial charge on any atom is -0.454 e. The van der Waals surface area contributed by atoms with E-state index in [0.717, 1.165) is 6.92 Å². The molecule has 0 fully saturated rings.